The first-order valence-corrected chi connectivity index (χ1v) is 7.63. The molecule has 1 aromatic carbocycles. The average molecular weight is 356 g/mol. The third kappa shape index (κ3) is 3.36. The summed E-state index contributed by atoms with van der Waals surface area (Å²) in [6, 6.07) is 6.43. The lowest BCUT2D eigenvalue weighted by atomic mass is 10.1. The molecule has 1 amide bonds. The predicted octanol–water partition coefficient (Wildman–Crippen LogP) is 0.825. The predicted molar refractivity (Wildman–Crippen MR) is 90.9 cm³/mol. The maximum absolute atomic E-state index is 12.4. The molecule has 26 heavy (non-hydrogen) atoms. The van der Waals surface area contributed by atoms with Crippen molar-refractivity contribution in [2.45, 2.75) is 19.8 Å². The first-order chi connectivity index (χ1) is 12.5. The molecule has 0 saturated carbocycles. The van der Waals surface area contributed by atoms with Gasteiger partial charge in [-0.1, -0.05) is 31.2 Å². The Labute approximate surface area is 147 Å². The number of amides is 1. The van der Waals surface area contributed by atoms with Crippen LogP contribution in [0.4, 0.5) is 5.82 Å². The average Bonchev–Trinajstić information content (AvgIpc) is 3.20. The number of rotatable bonds is 5. The van der Waals surface area contributed by atoms with Crippen LogP contribution in [0, 0.1) is 0 Å². The number of hydrazone groups is 1. The topological polar surface area (TPSA) is 157 Å². The molecule has 3 rings (SSSR count). The summed E-state index contributed by atoms with van der Waals surface area (Å²) in [4.78, 5) is 12.4. The molecule has 0 spiro atoms. The summed E-state index contributed by atoms with van der Waals surface area (Å²) in [5.41, 5.74) is 9.25. The molecule has 0 bridgehead atoms. The highest BCUT2D eigenvalue weighted by Crippen LogP contribution is 2.22. The summed E-state index contributed by atoms with van der Waals surface area (Å²) < 4.78 is 5.88. The number of anilines is 1. The number of carbonyl (C=O) groups excluding carboxylic acids is 1. The Hall–Kier alpha value is -3.76. The lowest BCUT2D eigenvalue weighted by molar-refractivity contribution is 0.0948. The zero-order chi connectivity index (χ0) is 18.7. The first kappa shape index (κ1) is 17.1. The molecule has 2 aromatic heterocycles. The third-order valence-corrected chi connectivity index (χ3v) is 3.41. The molecule has 11 nitrogen and oxygen atoms in total. The number of carbonyl (C=O) groups is 1. The van der Waals surface area contributed by atoms with Crippen molar-refractivity contribution in [1.82, 2.24) is 30.7 Å². The molecular weight excluding hydrogens is 340 g/mol. The van der Waals surface area contributed by atoms with Gasteiger partial charge in [0.25, 0.3) is 5.91 Å². The maximum atomic E-state index is 12.4. The van der Waals surface area contributed by atoms with Crippen LogP contribution in [0.1, 0.15) is 41.5 Å². The van der Waals surface area contributed by atoms with Gasteiger partial charge in [0, 0.05) is 0 Å². The number of aromatic nitrogens is 5. The fraction of sp³-hybridized carbons (Fsp3) is 0.200. The van der Waals surface area contributed by atoms with E-state index in [1.807, 2.05) is 13.8 Å². The van der Waals surface area contributed by atoms with Crippen LogP contribution >= 0.6 is 0 Å². The summed E-state index contributed by atoms with van der Waals surface area (Å²) in [5.74, 6) is -0.374. The Balaban J connectivity index is 1.83. The summed E-state index contributed by atoms with van der Waals surface area (Å²) in [6.45, 7) is 3.73. The van der Waals surface area contributed by atoms with Crippen molar-refractivity contribution in [3.8, 4) is 11.6 Å². The number of phenolic OH excluding ortho intramolecular Hbond substituents is 1. The van der Waals surface area contributed by atoms with Gasteiger partial charge in [-0.05, 0) is 33.9 Å². The molecule has 0 unspecified atom stereocenters. The molecule has 0 aliphatic heterocycles. The van der Waals surface area contributed by atoms with E-state index in [9.17, 15) is 9.90 Å². The van der Waals surface area contributed by atoms with Crippen LogP contribution in [0.15, 0.2) is 34.0 Å². The van der Waals surface area contributed by atoms with Gasteiger partial charge in [-0.3, -0.25) is 4.79 Å². The summed E-state index contributed by atoms with van der Waals surface area (Å²) >= 11 is 0. The number of benzene rings is 1. The molecular formula is C15H16N8O3. The van der Waals surface area contributed by atoms with Crippen molar-refractivity contribution in [1.29, 1.82) is 0 Å². The molecule has 3 aromatic rings. The van der Waals surface area contributed by atoms with Gasteiger partial charge in [0.2, 0.25) is 11.6 Å². The second-order valence-corrected chi connectivity index (χ2v) is 5.66. The second-order valence-electron chi connectivity index (χ2n) is 5.66. The zero-order valence-corrected chi connectivity index (χ0v) is 14.0. The summed E-state index contributed by atoms with van der Waals surface area (Å²) in [7, 11) is 0. The van der Waals surface area contributed by atoms with Crippen LogP contribution in [0.25, 0.3) is 5.82 Å². The quantitative estimate of drug-likeness (QED) is 0.448. The molecule has 0 atom stereocenters. The Bertz CT molecular complexity index is 959. The van der Waals surface area contributed by atoms with Crippen LogP contribution in [0.3, 0.4) is 0 Å². The van der Waals surface area contributed by atoms with Crippen molar-refractivity contribution in [2.75, 3.05) is 5.73 Å². The zero-order valence-electron chi connectivity index (χ0n) is 14.0. The maximum Gasteiger partial charge on any atom is 0.293 e. The molecule has 4 N–H and O–H groups in total. The van der Waals surface area contributed by atoms with Gasteiger partial charge < -0.3 is 10.8 Å². The van der Waals surface area contributed by atoms with Crippen LogP contribution < -0.4 is 11.2 Å². The van der Waals surface area contributed by atoms with Gasteiger partial charge in [-0.2, -0.15) is 9.78 Å². The van der Waals surface area contributed by atoms with Gasteiger partial charge in [-0.25, -0.2) is 10.1 Å². The van der Waals surface area contributed by atoms with Crippen LogP contribution in [-0.2, 0) is 0 Å². The van der Waals surface area contributed by atoms with E-state index in [2.05, 4.69) is 35.8 Å². The van der Waals surface area contributed by atoms with Crippen LogP contribution in [0.5, 0.6) is 5.75 Å². The standard InChI is InChI=1S/C15H16N8O3/c1-8(2)12-11(18-22-23(12)14-13(16)20-26-21-14)15(25)19-17-7-9-4-3-5-10(24)6-9/h3-8,24H,1-2H3,(H2,16,20)(H,19,25)/b17-7+. The number of nitrogen functional groups attached to an aromatic ring is 1. The normalized spacial score (nSPS) is 11.3. The van der Waals surface area contributed by atoms with Gasteiger partial charge in [0.1, 0.15) is 5.75 Å². The van der Waals surface area contributed by atoms with Crippen LogP contribution in [-0.4, -0.2) is 42.5 Å². The molecule has 0 aliphatic carbocycles. The minimum absolute atomic E-state index is 0.0330. The van der Waals surface area contributed by atoms with Gasteiger partial charge >= 0.3 is 0 Å². The molecule has 2 heterocycles. The number of phenols is 1. The third-order valence-electron chi connectivity index (χ3n) is 3.41. The SMILES string of the molecule is CC(C)c1c(C(=O)N/N=C/c2cccc(O)c2)nnn1-c1nonc1N. The highest BCUT2D eigenvalue weighted by molar-refractivity contribution is 5.94. The number of aromatic hydroxyl groups is 1. The van der Waals surface area contributed by atoms with E-state index in [-0.39, 0.29) is 29.0 Å². The van der Waals surface area contributed by atoms with E-state index in [0.717, 1.165) is 0 Å². The first-order valence-electron chi connectivity index (χ1n) is 7.63. The molecule has 0 saturated heterocycles. The Morgan fingerprint density at radius 1 is 1.42 bits per heavy atom. The van der Waals surface area contributed by atoms with Crippen LogP contribution in [0.2, 0.25) is 0 Å². The molecule has 0 fully saturated rings. The number of nitrogens with one attached hydrogen (secondary N) is 1. The minimum atomic E-state index is -0.550. The molecule has 0 radical (unpaired) electrons. The van der Waals surface area contributed by atoms with Crippen molar-refractivity contribution in [2.24, 2.45) is 5.10 Å². The van der Waals surface area contributed by atoms with E-state index < -0.39 is 5.91 Å². The molecule has 11 heteroatoms. The largest absolute Gasteiger partial charge is 0.508 e. The molecule has 134 valence electrons. The fourth-order valence-corrected chi connectivity index (χ4v) is 2.29. The number of hydrogen-bond acceptors (Lipinski definition) is 9. The van der Waals surface area contributed by atoms with E-state index in [0.29, 0.717) is 11.3 Å². The van der Waals surface area contributed by atoms with Gasteiger partial charge in [-0.15, -0.1) is 5.10 Å². The minimum Gasteiger partial charge on any atom is -0.508 e. The Kier molecular flexibility index (Phi) is 4.60. The second kappa shape index (κ2) is 7.01. The van der Waals surface area contributed by atoms with E-state index in [1.54, 1.807) is 12.1 Å². The monoisotopic (exact) mass is 356 g/mol. The van der Waals surface area contributed by atoms with Gasteiger partial charge in [0.05, 0.1) is 11.9 Å². The lowest BCUT2D eigenvalue weighted by Gasteiger charge is -2.08. The Morgan fingerprint density at radius 2 is 2.23 bits per heavy atom. The van der Waals surface area contributed by atoms with Gasteiger partial charge in [0.15, 0.2) is 5.69 Å². The summed E-state index contributed by atoms with van der Waals surface area (Å²) in [5, 5.41) is 28.3. The van der Waals surface area contributed by atoms with Crippen molar-refractivity contribution >= 4 is 17.9 Å². The smallest absolute Gasteiger partial charge is 0.293 e. The van der Waals surface area contributed by atoms with E-state index in [1.165, 1.54) is 23.0 Å². The highest BCUT2D eigenvalue weighted by Gasteiger charge is 2.25. The highest BCUT2D eigenvalue weighted by atomic mass is 16.6. The van der Waals surface area contributed by atoms with Crippen molar-refractivity contribution in [3.63, 3.8) is 0 Å². The van der Waals surface area contributed by atoms with E-state index in [4.69, 9.17) is 5.73 Å². The number of hydrogen-bond donors (Lipinski definition) is 3. The van der Waals surface area contributed by atoms with Crippen molar-refractivity contribution in [3.05, 3.63) is 41.2 Å². The van der Waals surface area contributed by atoms with E-state index >= 15 is 0 Å². The summed E-state index contributed by atoms with van der Waals surface area (Å²) in [6.07, 6.45) is 1.40. The Morgan fingerprint density at radius 3 is 2.88 bits per heavy atom. The molecule has 0 aliphatic rings. The van der Waals surface area contributed by atoms with Crippen molar-refractivity contribution < 1.29 is 14.5 Å². The number of nitrogens with zero attached hydrogens (tertiary/aromatic N) is 6. The lowest BCUT2D eigenvalue weighted by Crippen LogP contribution is -2.21. The fourth-order valence-electron chi connectivity index (χ4n) is 2.29. The number of nitrogens with two attached hydrogens (primary N) is 1.